The highest BCUT2D eigenvalue weighted by Crippen LogP contribution is 2.31. The molecule has 3 nitrogen and oxygen atoms in total. The van der Waals surface area contributed by atoms with Gasteiger partial charge >= 0.3 is 8.60 Å². The molecule has 0 spiro atoms. The third-order valence-electron chi connectivity index (χ3n) is 4.89. The summed E-state index contributed by atoms with van der Waals surface area (Å²) in [6, 6.07) is 0. The minimum atomic E-state index is -2.19. The van der Waals surface area contributed by atoms with Gasteiger partial charge in [0.05, 0.1) is 11.2 Å². The molecular weight excluding hydrogens is 407 g/mol. The highest BCUT2D eigenvalue weighted by Gasteiger charge is 2.10. The van der Waals surface area contributed by atoms with Crippen LogP contribution in [0.15, 0.2) is 0 Å². The molecular formula is C22H47O3PS2. The molecule has 0 unspecified atom stereocenters. The van der Waals surface area contributed by atoms with Crippen molar-refractivity contribution in [2.45, 2.75) is 121 Å². The van der Waals surface area contributed by atoms with Crippen LogP contribution in [0, 0.1) is 0 Å². The van der Waals surface area contributed by atoms with Crippen molar-refractivity contribution in [3.63, 3.8) is 0 Å². The summed E-state index contributed by atoms with van der Waals surface area (Å²) in [5.74, 6) is 2.52. The lowest BCUT2D eigenvalue weighted by Crippen LogP contribution is -2.03. The second-order valence-electron chi connectivity index (χ2n) is 7.64. The Morgan fingerprint density at radius 2 is 1.07 bits per heavy atom. The Hall–Kier alpha value is 1.01. The largest absolute Gasteiger partial charge is 0.328 e. The lowest BCUT2D eigenvalue weighted by atomic mass is 10.1. The SMILES string of the molecule is CCCCCCCCCSC(CCCOP(O)O)SCCCCCCCCC. The Balaban J connectivity index is 3.78. The van der Waals surface area contributed by atoms with Gasteiger partial charge in [0, 0.05) is 0 Å². The van der Waals surface area contributed by atoms with Crippen LogP contribution in [0.1, 0.15) is 117 Å². The summed E-state index contributed by atoms with van der Waals surface area (Å²) in [4.78, 5) is 17.7. The van der Waals surface area contributed by atoms with Crippen molar-refractivity contribution in [1.29, 1.82) is 0 Å². The smallest absolute Gasteiger partial charge is 0.327 e. The van der Waals surface area contributed by atoms with Gasteiger partial charge in [-0.2, -0.15) is 0 Å². The highest BCUT2D eigenvalue weighted by atomic mass is 32.2. The molecule has 0 atom stereocenters. The van der Waals surface area contributed by atoms with E-state index >= 15 is 0 Å². The zero-order chi connectivity index (χ0) is 20.7. The van der Waals surface area contributed by atoms with Gasteiger partial charge in [-0.3, -0.25) is 0 Å². The van der Waals surface area contributed by atoms with Gasteiger partial charge in [0.25, 0.3) is 0 Å². The molecule has 0 radical (unpaired) electrons. The molecule has 0 bridgehead atoms. The lowest BCUT2D eigenvalue weighted by molar-refractivity contribution is 0.251. The first-order valence-corrected chi connectivity index (χ1v) is 15.0. The van der Waals surface area contributed by atoms with Gasteiger partial charge in [-0.05, 0) is 37.2 Å². The van der Waals surface area contributed by atoms with Crippen molar-refractivity contribution in [3.05, 3.63) is 0 Å². The highest BCUT2D eigenvalue weighted by molar-refractivity contribution is 8.17. The Kier molecular flexibility index (Phi) is 25.2. The van der Waals surface area contributed by atoms with Crippen molar-refractivity contribution in [1.82, 2.24) is 0 Å². The average Bonchev–Trinajstić information content (AvgIpc) is 2.68. The summed E-state index contributed by atoms with van der Waals surface area (Å²) in [7, 11) is -2.19. The minimum absolute atomic E-state index is 0.463. The third kappa shape index (κ3) is 23.3. The van der Waals surface area contributed by atoms with Crippen molar-refractivity contribution in [2.75, 3.05) is 18.1 Å². The van der Waals surface area contributed by atoms with Gasteiger partial charge < -0.3 is 14.3 Å². The van der Waals surface area contributed by atoms with Gasteiger partial charge in [0.15, 0.2) is 0 Å². The standard InChI is InChI=1S/C22H47O3PS2/c1-3-5-7-9-11-13-15-20-27-22(18-17-19-25-26(23)24)28-21-16-14-12-10-8-6-4-2/h22-24H,3-21H2,1-2H3. The van der Waals surface area contributed by atoms with Crippen LogP contribution in [0.25, 0.3) is 0 Å². The molecule has 0 aliphatic carbocycles. The summed E-state index contributed by atoms with van der Waals surface area (Å²) in [5.41, 5.74) is 0. The Morgan fingerprint density at radius 3 is 1.50 bits per heavy atom. The maximum absolute atomic E-state index is 8.86. The predicted molar refractivity (Wildman–Crippen MR) is 131 cm³/mol. The molecule has 0 saturated heterocycles. The molecule has 0 rings (SSSR count). The lowest BCUT2D eigenvalue weighted by Gasteiger charge is -2.16. The Bertz CT molecular complexity index is 277. The van der Waals surface area contributed by atoms with Crippen molar-refractivity contribution < 1.29 is 14.3 Å². The molecule has 0 aromatic rings. The molecule has 28 heavy (non-hydrogen) atoms. The minimum Gasteiger partial charge on any atom is -0.328 e. The zero-order valence-electron chi connectivity index (χ0n) is 18.6. The number of rotatable bonds is 23. The predicted octanol–water partition coefficient (Wildman–Crippen LogP) is 8.29. The number of hydrogen-bond donors (Lipinski definition) is 2. The van der Waals surface area contributed by atoms with Gasteiger partial charge in [-0.1, -0.05) is 90.9 Å². The van der Waals surface area contributed by atoms with Crippen LogP contribution in [0.4, 0.5) is 0 Å². The first-order valence-electron chi connectivity index (χ1n) is 11.7. The van der Waals surface area contributed by atoms with E-state index in [4.69, 9.17) is 14.3 Å². The molecule has 2 N–H and O–H groups in total. The summed E-state index contributed by atoms with van der Waals surface area (Å²) >= 11 is 4.22. The normalized spacial score (nSPS) is 11.8. The maximum Gasteiger partial charge on any atom is 0.327 e. The van der Waals surface area contributed by atoms with Crippen LogP contribution in [0.3, 0.4) is 0 Å². The molecule has 0 aliphatic heterocycles. The van der Waals surface area contributed by atoms with Crippen LogP contribution in [-0.2, 0) is 4.52 Å². The first kappa shape index (κ1) is 29.0. The van der Waals surface area contributed by atoms with Crippen LogP contribution in [-0.4, -0.2) is 32.5 Å². The van der Waals surface area contributed by atoms with Gasteiger partial charge in [0.1, 0.15) is 0 Å². The van der Waals surface area contributed by atoms with Crippen LogP contribution in [0.5, 0.6) is 0 Å². The molecule has 170 valence electrons. The Labute approximate surface area is 185 Å². The van der Waals surface area contributed by atoms with Gasteiger partial charge in [-0.25, -0.2) is 0 Å². The Morgan fingerprint density at radius 1 is 0.643 bits per heavy atom. The maximum atomic E-state index is 8.86. The average molecular weight is 455 g/mol. The van der Waals surface area contributed by atoms with E-state index in [0.29, 0.717) is 11.2 Å². The number of unbranched alkanes of at least 4 members (excludes halogenated alkanes) is 12. The fraction of sp³-hybridized carbons (Fsp3) is 1.00. The van der Waals surface area contributed by atoms with Crippen molar-refractivity contribution >= 4 is 32.1 Å². The van der Waals surface area contributed by atoms with E-state index in [1.165, 1.54) is 101 Å². The van der Waals surface area contributed by atoms with Crippen LogP contribution < -0.4 is 0 Å². The summed E-state index contributed by atoms with van der Waals surface area (Å²) in [5, 5.41) is 0. The van der Waals surface area contributed by atoms with Crippen LogP contribution >= 0.6 is 32.1 Å². The van der Waals surface area contributed by atoms with E-state index in [0.717, 1.165) is 12.8 Å². The van der Waals surface area contributed by atoms with Crippen molar-refractivity contribution in [2.24, 2.45) is 0 Å². The zero-order valence-corrected chi connectivity index (χ0v) is 21.1. The third-order valence-corrected chi connectivity index (χ3v) is 8.39. The fourth-order valence-electron chi connectivity index (χ4n) is 3.16. The van der Waals surface area contributed by atoms with Crippen molar-refractivity contribution in [3.8, 4) is 0 Å². The number of thioether (sulfide) groups is 2. The molecule has 0 saturated carbocycles. The molecule has 0 aliphatic rings. The second kappa shape index (κ2) is 24.3. The molecule has 0 aromatic heterocycles. The second-order valence-corrected chi connectivity index (χ2v) is 11.3. The fourth-order valence-corrected chi connectivity index (χ4v) is 6.35. The molecule has 0 fully saturated rings. The number of hydrogen-bond acceptors (Lipinski definition) is 5. The molecule has 0 heterocycles. The van der Waals surface area contributed by atoms with E-state index in [-0.39, 0.29) is 0 Å². The van der Waals surface area contributed by atoms with E-state index in [1.807, 2.05) is 0 Å². The molecule has 0 amide bonds. The van der Waals surface area contributed by atoms with Gasteiger partial charge in [0.2, 0.25) is 0 Å². The van der Waals surface area contributed by atoms with E-state index in [2.05, 4.69) is 37.4 Å². The molecule has 6 heteroatoms. The molecule has 0 aromatic carbocycles. The van der Waals surface area contributed by atoms with Crippen LogP contribution in [0.2, 0.25) is 0 Å². The van der Waals surface area contributed by atoms with E-state index < -0.39 is 8.60 Å². The monoisotopic (exact) mass is 454 g/mol. The van der Waals surface area contributed by atoms with E-state index in [9.17, 15) is 0 Å². The summed E-state index contributed by atoms with van der Waals surface area (Å²) < 4.78 is 5.56. The summed E-state index contributed by atoms with van der Waals surface area (Å²) in [6.07, 6.45) is 21.2. The van der Waals surface area contributed by atoms with Gasteiger partial charge in [-0.15, -0.1) is 23.5 Å². The van der Waals surface area contributed by atoms with E-state index in [1.54, 1.807) is 0 Å². The first-order chi connectivity index (χ1) is 13.7. The topological polar surface area (TPSA) is 49.7 Å². The quantitative estimate of drug-likeness (QED) is 0.0923. The summed E-state index contributed by atoms with van der Waals surface area (Å²) in [6.45, 7) is 5.01.